The molecule has 20 heavy (non-hydrogen) atoms. The SMILES string of the molecule is CCc1ccc(C(Cl)c2ccc(C)c(Br)c2)cc1CC. The molecule has 0 spiro atoms. The van der Waals surface area contributed by atoms with Crippen LogP contribution < -0.4 is 0 Å². The molecule has 2 aromatic rings. The molecule has 0 aliphatic heterocycles. The van der Waals surface area contributed by atoms with Gasteiger partial charge in [-0.3, -0.25) is 0 Å². The number of halogens is 2. The minimum absolute atomic E-state index is 0.0943. The second-order valence-electron chi connectivity index (χ2n) is 5.11. The summed E-state index contributed by atoms with van der Waals surface area (Å²) in [6.45, 7) is 6.48. The lowest BCUT2D eigenvalue weighted by Crippen LogP contribution is -1.98. The first kappa shape index (κ1) is 15.6. The molecule has 0 heterocycles. The van der Waals surface area contributed by atoms with Crippen LogP contribution in [-0.2, 0) is 12.8 Å². The predicted molar refractivity (Wildman–Crippen MR) is 91.8 cm³/mol. The molecule has 2 aromatic carbocycles. The van der Waals surface area contributed by atoms with Crippen LogP contribution in [0.2, 0.25) is 0 Å². The van der Waals surface area contributed by atoms with Gasteiger partial charge in [0.25, 0.3) is 0 Å². The fraction of sp³-hybridized carbons (Fsp3) is 0.333. The Hall–Kier alpha value is -0.790. The Morgan fingerprint density at radius 3 is 2.15 bits per heavy atom. The van der Waals surface area contributed by atoms with Crippen LogP contribution in [-0.4, -0.2) is 0 Å². The summed E-state index contributed by atoms with van der Waals surface area (Å²) in [5.41, 5.74) is 6.37. The third-order valence-corrected chi connectivity index (χ3v) is 5.13. The van der Waals surface area contributed by atoms with Crippen LogP contribution in [0.4, 0.5) is 0 Å². The first-order valence-electron chi connectivity index (χ1n) is 7.08. The fourth-order valence-corrected chi connectivity index (χ4v) is 3.10. The van der Waals surface area contributed by atoms with Crippen LogP contribution >= 0.6 is 27.5 Å². The molecule has 0 aliphatic carbocycles. The molecule has 2 rings (SSSR count). The number of aryl methyl sites for hydroxylation is 3. The Bertz CT molecular complexity index is 604. The number of hydrogen-bond donors (Lipinski definition) is 0. The number of rotatable bonds is 4. The van der Waals surface area contributed by atoms with Gasteiger partial charge in [0.1, 0.15) is 0 Å². The van der Waals surface area contributed by atoms with Gasteiger partial charge in [0.05, 0.1) is 5.38 Å². The lowest BCUT2D eigenvalue weighted by atomic mass is 9.96. The molecule has 0 bridgehead atoms. The summed E-state index contributed by atoms with van der Waals surface area (Å²) in [5.74, 6) is 0. The molecule has 0 aliphatic rings. The standard InChI is InChI=1S/C18H20BrCl/c1-4-13-8-9-15(10-14(13)5-2)18(20)16-7-6-12(3)17(19)11-16/h6-11,18H,4-5H2,1-3H3. The van der Waals surface area contributed by atoms with Gasteiger partial charge in [0, 0.05) is 4.47 Å². The first-order valence-corrected chi connectivity index (χ1v) is 8.31. The predicted octanol–water partition coefficient (Wildman–Crippen LogP) is 6.21. The molecule has 106 valence electrons. The Balaban J connectivity index is 2.37. The minimum Gasteiger partial charge on any atom is -0.113 e. The van der Waals surface area contributed by atoms with Crippen LogP contribution in [0.5, 0.6) is 0 Å². The molecule has 1 unspecified atom stereocenters. The summed E-state index contributed by atoms with van der Waals surface area (Å²) >= 11 is 10.2. The zero-order valence-electron chi connectivity index (χ0n) is 12.2. The van der Waals surface area contributed by atoms with E-state index >= 15 is 0 Å². The summed E-state index contributed by atoms with van der Waals surface area (Å²) in [7, 11) is 0. The van der Waals surface area contributed by atoms with E-state index < -0.39 is 0 Å². The van der Waals surface area contributed by atoms with Crippen molar-refractivity contribution in [2.45, 2.75) is 39.0 Å². The number of hydrogen-bond acceptors (Lipinski definition) is 0. The summed E-state index contributed by atoms with van der Waals surface area (Å²) < 4.78 is 1.11. The zero-order valence-corrected chi connectivity index (χ0v) is 14.6. The third kappa shape index (κ3) is 3.27. The normalized spacial score (nSPS) is 12.4. The van der Waals surface area contributed by atoms with Gasteiger partial charge in [0.15, 0.2) is 0 Å². The van der Waals surface area contributed by atoms with Crippen molar-refractivity contribution in [2.24, 2.45) is 0 Å². The second kappa shape index (κ2) is 6.78. The summed E-state index contributed by atoms with van der Waals surface area (Å²) in [6.07, 6.45) is 2.13. The molecular weight excluding hydrogens is 332 g/mol. The van der Waals surface area contributed by atoms with Crippen molar-refractivity contribution in [3.05, 3.63) is 68.7 Å². The van der Waals surface area contributed by atoms with Crippen molar-refractivity contribution >= 4 is 27.5 Å². The summed E-state index contributed by atoms with van der Waals surface area (Å²) in [6, 6.07) is 13.0. The van der Waals surface area contributed by atoms with Gasteiger partial charge < -0.3 is 0 Å². The smallest absolute Gasteiger partial charge is 0.0835 e. The van der Waals surface area contributed by atoms with E-state index in [9.17, 15) is 0 Å². The maximum Gasteiger partial charge on any atom is 0.0835 e. The highest BCUT2D eigenvalue weighted by molar-refractivity contribution is 9.10. The van der Waals surface area contributed by atoms with E-state index in [4.69, 9.17) is 11.6 Å². The average molecular weight is 352 g/mol. The monoisotopic (exact) mass is 350 g/mol. The highest BCUT2D eigenvalue weighted by atomic mass is 79.9. The first-order chi connectivity index (χ1) is 9.56. The van der Waals surface area contributed by atoms with Crippen molar-refractivity contribution in [1.29, 1.82) is 0 Å². The molecule has 0 aromatic heterocycles. The van der Waals surface area contributed by atoms with Gasteiger partial charge >= 0.3 is 0 Å². The second-order valence-corrected chi connectivity index (χ2v) is 6.40. The molecule has 0 radical (unpaired) electrons. The highest BCUT2D eigenvalue weighted by Gasteiger charge is 2.13. The molecular formula is C18H20BrCl. The zero-order chi connectivity index (χ0) is 14.7. The van der Waals surface area contributed by atoms with E-state index in [1.807, 2.05) is 0 Å². The fourth-order valence-electron chi connectivity index (χ4n) is 2.44. The van der Waals surface area contributed by atoms with E-state index in [2.05, 4.69) is 73.1 Å². The van der Waals surface area contributed by atoms with Gasteiger partial charge in [-0.15, -0.1) is 11.6 Å². The average Bonchev–Trinajstić information content (AvgIpc) is 2.48. The largest absolute Gasteiger partial charge is 0.113 e. The molecule has 2 heteroatoms. The molecule has 1 atom stereocenters. The molecule has 0 saturated heterocycles. The van der Waals surface area contributed by atoms with E-state index in [0.29, 0.717) is 0 Å². The van der Waals surface area contributed by atoms with Crippen molar-refractivity contribution < 1.29 is 0 Å². The van der Waals surface area contributed by atoms with Crippen LogP contribution in [0.3, 0.4) is 0 Å². The Morgan fingerprint density at radius 2 is 1.55 bits per heavy atom. The van der Waals surface area contributed by atoms with E-state index in [0.717, 1.165) is 22.9 Å². The Morgan fingerprint density at radius 1 is 0.950 bits per heavy atom. The Kier molecular flexibility index (Phi) is 5.29. The molecule has 0 nitrogen and oxygen atoms in total. The lowest BCUT2D eigenvalue weighted by Gasteiger charge is -2.15. The van der Waals surface area contributed by atoms with Crippen LogP contribution in [0, 0.1) is 6.92 Å². The van der Waals surface area contributed by atoms with Crippen LogP contribution in [0.15, 0.2) is 40.9 Å². The number of alkyl halides is 1. The molecule has 0 N–H and O–H groups in total. The van der Waals surface area contributed by atoms with Crippen LogP contribution in [0.1, 0.15) is 47.0 Å². The maximum absolute atomic E-state index is 6.66. The van der Waals surface area contributed by atoms with Gasteiger partial charge in [-0.25, -0.2) is 0 Å². The van der Waals surface area contributed by atoms with Crippen molar-refractivity contribution in [1.82, 2.24) is 0 Å². The van der Waals surface area contributed by atoms with E-state index in [1.165, 1.54) is 22.3 Å². The third-order valence-electron chi connectivity index (χ3n) is 3.77. The van der Waals surface area contributed by atoms with Crippen molar-refractivity contribution in [3.8, 4) is 0 Å². The van der Waals surface area contributed by atoms with Crippen molar-refractivity contribution in [3.63, 3.8) is 0 Å². The lowest BCUT2D eigenvalue weighted by molar-refractivity contribution is 1.02. The molecule has 0 fully saturated rings. The quantitative estimate of drug-likeness (QED) is 0.574. The number of benzene rings is 2. The topological polar surface area (TPSA) is 0 Å². The molecule has 0 amide bonds. The van der Waals surface area contributed by atoms with Gasteiger partial charge in [-0.1, -0.05) is 60.1 Å². The summed E-state index contributed by atoms with van der Waals surface area (Å²) in [5, 5.41) is -0.0943. The van der Waals surface area contributed by atoms with E-state index in [-0.39, 0.29) is 5.38 Å². The van der Waals surface area contributed by atoms with Gasteiger partial charge in [0.2, 0.25) is 0 Å². The highest BCUT2D eigenvalue weighted by Crippen LogP contribution is 2.32. The van der Waals surface area contributed by atoms with E-state index in [1.54, 1.807) is 0 Å². The maximum atomic E-state index is 6.66. The van der Waals surface area contributed by atoms with Gasteiger partial charge in [-0.05, 0) is 53.6 Å². The van der Waals surface area contributed by atoms with Crippen molar-refractivity contribution in [2.75, 3.05) is 0 Å². The van der Waals surface area contributed by atoms with Crippen LogP contribution in [0.25, 0.3) is 0 Å². The van der Waals surface area contributed by atoms with Gasteiger partial charge in [-0.2, -0.15) is 0 Å². The minimum atomic E-state index is -0.0943. The summed E-state index contributed by atoms with van der Waals surface area (Å²) in [4.78, 5) is 0. The Labute approximate surface area is 135 Å². The molecule has 0 saturated carbocycles.